The minimum Gasteiger partial charge on any atom is -0.489 e. The number of carbonyl (C=O) groups excluding carboxylic acids is 2. The van der Waals surface area contributed by atoms with Gasteiger partial charge in [0.2, 0.25) is 5.78 Å². The van der Waals surface area contributed by atoms with Gasteiger partial charge in [0.1, 0.15) is 12.4 Å². The van der Waals surface area contributed by atoms with Gasteiger partial charge in [-0.15, -0.1) is 6.58 Å². The van der Waals surface area contributed by atoms with E-state index < -0.39 is 6.09 Å². The Hall–Kier alpha value is -4.52. The van der Waals surface area contributed by atoms with E-state index in [4.69, 9.17) is 9.47 Å². The molecule has 2 aromatic heterocycles. The summed E-state index contributed by atoms with van der Waals surface area (Å²) in [5.41, 5.74) is 5.28. The number of allylic oxidation sites excluding steroid dienone is 5. The van der Waals surface area contributed by atoms with Gasteiger partial charge < -0.3 is 19.4 Å². The van der Waals surface area contributed by atoms with Crippen LogP contribution in [0.2, 0.25) is 0 Å². The second-order valence-electron chi connectivity index (χ2n) is 9.26. The van der Waals surface area contributed by atoms with E-state index >= 15 is 0 Å². The number of rotatable bonds is 10. The summed E-state index contributed by atoms with van der Waals surface area (Å²) < 4.78 is 11.2. The molecule has 196 valence electrons. The second kappa shape index (κ2) is 12.1. The van der Waals surface area contributed by atoms with E-state index in [0.29, 0.717) is 30.1 Å². The van der Waals surface area contributed by atoms with Crippen molar-refractivity contribution in [3.8, 4) is 0 Å². The summed E-state index contributed by atoms with van der Waals surface area (Å²) in [4.78, 5) is 31.7. The first-order valence-corrected chi connectivity index (χ1v) is 12.7. The average molecular weight is 512 g/mol. The zero-order valence-corrected chi connectivity index (χ0v) is 22.0. The minimum absolute atomic E-state index is 0.148. The standard InChI is InChI=1S/C31H33N3O4/c1-5-7-10-21(9-6-2)19-37-25-11-8-12-26-23(16-25)18-29(33-26)30(35)28-17-22-15-24(13-14-27(22)34-28)32-31(36)38-20(3)4/h5-6,8-11,13-18,20,33-34H,1,7,12,19H2,2-4H3,(H,32,36)/b9-6-,21-10+. The van der Waals surface area contributed by atoms with Gasteiger partial charge in [-0.05, 0) is 80.8 Å². The maximum Gasteiger partial charge on any atom is 0.411 e. The van der Waals surface area contributed by atoms with Gasteiger partial charge in [0.25, 0.3) is 0 Å². The van der Waals surface area contributed by atoms with E-state index in [2.05, 4.69) is 27.9 Å². The molecule has 1 aromatic carbocycles. The topological polar surface area (TPSA) is 96.2 Å². The molecule has 0 atom stereocenters. The number of ether oxygens (including phenoxy) is 2. The molecule has 7 nitrogen and oxygen atoms in total. The minimum atomic E-state index is -0.518. The molecule has 3 N–H and O–H groups in total. The van der Waals surface area contributed by atoms with Crippen LogP contribution in [0.1, 0.15) is 54.6 Å². The van der Waals surface area contributed by atoms with E-state index in [0.717, 1.165) is 39.9 Å². The lowest BCUT2D eigenvalue weighted by molar-refractivity contribution is 0.103. The Morgan fingerprint density at radius 3 is 2.74 bits per heavy atom. The lowest BCUT2D eigenvalue weighted by atomic mass is 10.1. The van der Waals surface area contributed by atoms with Crippen LogP contribution >= 0.6 is 0 Å². The number of hydrogen-bond donors (Lipinski definition) is 3. The van der Waals surface area contributed by atoms with Crippen molar-refractivity contribution in [2.45, 2.75) is 39.7 Å². The predicted molar refractivity (Wildman–Crippen MR) is 152 cm³/mol. The van der Waals surface area contributed by atoms with Crippen LogP contribution in [0.15, 0.2) is 84.7 Å². The molecule has 1 aliphatic carbocycles. The molecule has 4 rings (SSSR count). The Morgan fingerprint density at radius 2 is 1.97 bits per heavy atom. The molecule has 3 aromatic rings. The van der Waals surface area contributed by atoms with Crippen LogP contribution in [-0.4, -0.2) is 34.6 Å². The zero-order valence-electron chi connectivity index (χ0n) is 22.0. The third-order valence-electron chi connectivity index (χ3n) is 5.87. The van der Waals surface area contributed by atoms with Crippen LogP contribution in [0, 0.1) is 0 Å². The van der Waals surface area contributed by atoms with E-state index in [1.807, 2.05) is 55.5 Å². The molecule has 0 bridgehead atoms. The van der Waals surface area contributed by atoms with Crippen LogP contribution in [0.5, 0.6) is 0 Å². The molecule has 0 saturated heterocycles. The normalized spacial score (nSPS) is 13.4. The number of nitrogens with one attached hydrogen (secondary N) is 3. The number of benzene rings is 1. The number of carbonyl (C=O) groups is 2. The fourth-order valence-corrected chi connectivity index (χ4v) is 4.15. The Balaban J connectivity index is 1.50. The Kier molecular flexibility index (Phi) is 8.48. The number of aromatic amines is 2. The van der Waals surface area contributed by atoms with E-state index in [-0.39, 0.29) is 11.9 Å². The van der Waals surface area contributed by atoms with Gasteiger partial charge in [-0.3, -0.25) is 10.1 Å². The number of hydrogen-bond acceptors (Lipinski definition) is 4. The van der Waals surface area contributed by atoms with Gasteiger partial charge in [0, 0.05) is 28.7 Å². The Labute approximate surface area is 222 Å². The Bertz CT molecular complexity index is 1460. The lowest BCUT2D eigenvalue weighted by Gasteiger charge is -2.09. The van der Waals surface area contributed by atoms with Crippen molar-refractivity contribution in [2.75, 3.05) is 11.9 Å². The van der Waals surface area contributed by atoms with Crippen LogP contribution in [-0.2, 0) is 15.9 Å². The van der Waals surface area contributed by atoms with E-state index in [1.54, 1.807) is 32.0 Å². The highest BCUT2D eigenvalue weighted by molar-refractivity contribution is 6.09. The molecule has 0 saturated carbocycles. The smallest absolute Gasteiger partial charge is 0.411 e. The van der Waals surface area contributed by atoms with Crippen molar-refractivity contribution in [2.24, 2.45) is 0 Å². The van der Waals surface area contributed by atoms with Crippen molar-refractivity contribution < 1.29 is 19.1 Å². The van der Waals surface area contributed by atoms with Gasteiger partial charge in [0.05, 0.1) is 17.5 Å². The molecule has 7 heteroatoms. The largest absolute Gasteiger partial charge is 0.489 e. The number of fused-ring (bicyclic) bond motifs is 2. The van der Waals surface area contributed by atoms with Crippen molar-refractivity contribution in [1.29, 1.82) is 0 Å². The van der Waals surface area contributed by atoms with Gasteiger partial charge in [0.15, 0.2) is 0 Å². The van der Waals surface area contributed by atoms with Gasteiger partial charge >= 0.3 is 6.09 Å². The SMILES string of the molecule is C=CC/C=C(\C=C/C)COC1=Cc2cc(C(=O)c3cc4cc(NC(=O)OC(C)C)ccc4[nH]3)[nH]c2CC=C1. The average Bonchev–Trinajstić information content (AvgIpc) is 3.43. The fraction of sp³-hybridized carbons (Fsp3) is 0.226. The predicted octanol–water partition coefficient (Wildman–Crippen LogP) is 7.23. The van der Waals surface area contributed by atoms with Crippen molar-refractivity contribution in [3.63, 3.8) is 0 Å². The zero-order chi connectivity index (χ0) is 27.1. The summed E-state index contributed by atoms with van der Waals surface area (Å²) in [6.45, 7) is 9.77. The number of anilines is 1. The molecular weight excluding hydrogens is 478 g/mol. The maximum atomic E-state index is 13.3. The Morgan fingerprint density at radius 1 is 1.16 bits per heavy atom. The van der Waals surface area contributed by atoms with Crippen LogP contribution < -0.4 is 5.32 Å². The highest BCUT2D eigenvalue weighted by Gasteiger charge is 2.18. The lowest BCUT2D eigenvalue weighted by Crippen LogP contribution is -2.17. The number of H-pyrrole nitrogens is 2. The van der Waals surface area contributed by atoms with Crippen molar-refractivity contribution >= 4 is 34.5 Å². The quantitative estimate of drug-likeness (QED) is 0.152. The molecular formula is C31H33N3O4. The van der Waals surface area contributed by atoms with E-state index in [9.17, 15) is 9.59 Å². The van der Waals surface area contributed by atoms with Crippen LogP contribution in [0.4, 0.5) is 10.5 Å². The summed E-state index contributed by atoms with van der Waals surface area (Å²) in [5.74, 6) is 0.586. The number of amides is 1. The first-order chi connectivity index (χ1) is 18.4. The molecule has 0 aliphatic heterocycles. The molecule has 2 heterocycles. The first kappa shape index (κ1) is 26.5. The highest BCUT2D eigenvalue weighted by Crippen LogP contribution is 2.25. The second-order valence-corrected chi connectivity index (χ2v) is 9.26. The summed E-state index contributed by atoms with van der Waals surface area (Å²) in [6.07, 6.45) is 14.6. The monoisotopic (exact) mass is 511 g/mol. The van der Waals surface area contributed by atoms with Gasteiger partial charge in [-0.2, -0.15) is 0 Å². The molecule has 0 radical (unpaired) electrons. The third-order valence-corrected chi connectivity index (χ3v) is 5.87. The molecule has 1 amide bonds. The van der Waals surface area contributed by atoms with E-state index in [1.165, 1.54) is 0 Å². The summed E-state index contributed by atoms with van der Waals surface area (Å²) >= 11 is 0. The molecule has 38 heavy (non-hydrogen) atoms. The summed E-state index contributed by atoms with van der Waals surface area (Å²) in [6, 6.07) is 9.03. The van der Waals surface area contributed by atoms with Crippen LogP contribution in [0.3, 0.4) is 0 Å². The highest BCUT2D eigenvalue weighted by atomic mass is 16.6. The third kappa shape index (κ3) is 6.62. The summed E-state index contributed by atoms with van der Waals surface area (Å²) in [7, 11) is 0. The molecule has 0 unspecified atom stereocenters. The molecule has 0 spiro atoms. The number of ketones is 1. The molecule has 1 aliphatic rings. The maximum absolute atomic E-state index is 13.3. The first-order valence-electron chi connectivity index (χ1n) is 12.7. The summed E-state index contributed by atoms with van der Waals surface area (Å²) in [5, 5.41) is 3.52. The fourth-order valence-electron chi connectivity index (χ4n) is 4.15. The van der Waals surface area contributed by atoms with Crippen molar-refractivity contribution in [3.05, 3.63) is 107 Å². The van der Waals surface area contributed by atoms with Crippen LogP contribution in [0.25, 0.3) is 17.0 Å². The van der Waals surface area contributed by atoms with Gasteiger partial charge in [-0.25, -0.2) is 4.79 Å². The van der Waals surface area contributed by atoms with Crippen molar-refractivity contribution in [1.82, 2.24) is 9.97 Å². The number of aromatic nitrogens is 2. The molecule has 0 fully saturated rings. The van der Waals surface area contributed by atoms with Gasteiger partial charge in [-0.1, -0.05) is 30.4 Å².